The largest absolute Gasteiger partial charge is 0.487 e. The van der Waals surface area contributed by atoms with Crippen molar-refractivity contribution >= 4 is 17.5 Å². The van der Waals surface area contributed by atoms with Gasteiger partial charge in [0.2, 0.25) is 0 Å². The molecule has 2 amide bonds. The summed E-state index contributed by atoms with van der Waals surface area (Å²) in [6.45, 7) is -3.05. The zero-order chi connectivity index (χ0) is 30.6. The minimum Gasteiger partial charge on any atom is -0.487 e. The Morgan fingerprint density at radius 1 is 0.615 bits per heavy atom. The highest BCUT2D eigenvalue weighted by atomic mass is 19.4. The molecule has 39 heavy (non-hydrogen) atoms. The number of amides is 2. The SMILES string of the molecule is O=C1C=CC(=O)N1c1ccc(OCC(F)(F)C(F)(F)C(F)(F)C(F)(F)C(F)(F)C(F)(F)C(F)(F)C(F)F)cc1. The van der Waals surface area contributed by atoms with E-state index in [1.807, 2.05) is 0 Å². The highest BCUT2D eigenvalue weighted by Gasteiger charge is 2.93. The number of carbonyl (C=O) groups excluding carboxylic acids is 2. The van der Waals surface area contributed by atoms with Crippen molar-refractivity contribution in [2.24, 2.45) is 0 Å². The fraction of sp³-hybridized carbons (Fsp3) is 0.474. The fourth-order valence-electron chi connectivity index (χ4n) is 2.78. The minimum atomic E-state index is -8.49. The quantitative estimate of drug-likeness (QED) is 0.224. The van der Waals surface area contributed by atoms with Crippen LogP contribution in [0.15, 0.2) is 36.4 Å². The number of halogens is 16. The number of nitrogens with zero attached hydrogens (tertiary/aromatic N) is 1. The van der Waals surface area contributed by atoms with Gasteiger partial charge in [-0.15, -0.1) is 0 Å². The van der Waals surface area contributed by atoms with Crippen LogP contribution in [0.2, 0.25) is 0 Å². The van der Waals surface area contributed by atoms with Gasteiger partial charge >= 0.3 is 47.9 Å². The van der Waals surface area contributed by atoms with E-state index in [4.69, 9.17) is 0 Å². The molecule has 0 atom stereocenters. The first-order chi connectivity index (χ1) is 17.3. The van der Waals surface area contributed by atoms with E-state index in [9.17, 15) is 79.8 Å². The molecule has 0 N–H and O–H groups in total. The van der Waals surface area contributed by atoms with Gasteiger partial charge < -0.3 is 4.74 Å². The van der Waals surface area contributed by atoms with Gasteiger partial charge in [0.15, 0.2) is 6.61 Å². The summed E-state index contributed by atoms with van der Waals surface area (Å²) in [4.78, 5) is 23.5. The van der Waals surface area contributed by atoms with Crippen LogP contribution in [0.1, 0.15) is 0 Å². The van der Waals surface area contributed by atoms with E-state index < -0.39 is 72.1 Å². The third-order valence-corrected chi connectivity index (χ3v) is 5.05. The second kappa shape index (κ2) is 9.46. The maximum atomic E-state index is 13.9. The number of benzene rings is 1. The number of hydrogen-bond acceptors (Lipinski definition) is 3. The topological polar surface area (TPSA) is 46.6 Å². The number of anilines is 1. The summed E-state index contributed by atoms with van der Waals surface area (Å²) in [5.74, 6) is -58.0. The molecule has 220 valence electrons. The summed E-state index contributed by atoms with van der Waals surface area (Å²) < 4.78 is 217. The smallest absolute Gasteiger partial charge is 0.385 e. The molecule has 1 aromatic rings. The molecule has 4 nitrogen and oxygen atoms in total. The summed E-state index contributed by atoms with van der Waals surface area (Å²) in [5.41, 5.74) is -0.269. The van der Waals surface area contributed by atoms with Gasteiger partial charge in [-0.1, -0.05) is 0 Å². The molecule has 0 saturated heterocycles. The molecule has 1 aliphatic heterocycles. The second-order valence-electron chi connectivity index (χ2n) is 7.63. The molecule has 1 aliphatic rings. The molecule has 1 heterocycles. The van der Waals surface area contributed by atoms with Crippen LogP contribution in [0.4, 0.5) is 75.9 Å². The Kier molecular flexibility index (Phi) is 7.76. The van der Waals surface area contributed by atoms with Crippen molar-refractivity contribution < 1.29 is 84.6 Å². The Morgan fingerprint density at radius 3 is 1.41 bits per heavy atom. The normalized spacial score (nSPS) is 16.5. The molecule has 0 unspecified atom stereocenters. The molecule has 0 aromatic heterocycles. The van der Waals surface area contributed by atoms with Crippen LogP contribution < -0.4 is 9.64 Å². The number of hydrogen-bond donors (Lipinski definition) is 0. The van der Waals surface area contributed by atoms with Crippen LogP contribution >= 0.6 is 0 Å². The van der Waals surface area contributed by atoms with Gasteiger partial charge in [0.25, 0.3) is 11.8 Å². The van der Waals surface area contributed by atoms with E-state index in [1.165, 1.54) is 0 Å². The van der Waals surface area contributed by atoms with Crippen molar-refractivity contribution in [1.29, 1.82) is 0 Å². The van der Waals surface area contributed by atoms with Crippen LogP contribution in [0.5, 0.6) is 5.75 Å². The minimum absolute atomic E-state index is 0.269. The summed E-state index contributed by atoms with van der Waals surface area (Å²) in [6, 6.07) is 2.61. The summed E-state index contributed by atoms with van der Waals surface area (Å²) in [5, 5.41) is 0. The number of alkyl halides is 16. The highest BCUT2D eigenvalue weighted by molar-refractivity contribution is 6.28. The van der Waals surface area contributed by atoms with E-state index in [1.54, 1.807) is 0 Å². The van der Waals surface area contributed by atoms with Crippen molar-refractivity contribution in [2.45, 2.75) is 47.9 Å². The van der Waals surface area contributed by atoms with E-state index in [0.29, 0.717) is 17.0 Å². The zero-order valence-corrected chi connectivity index (χ0v) is 18.0. The van der Waals surface area contributed by atoms with Gasteiger partial charge in [0, 0.05) is 12.2 Å². The molecule has 1 aromatic carbocycles. The van der Waals surface area contributed by atoms with Gasteiger partial charge in [-0.25, -0.2) is 13.7 Å². The molecule has 0 bridgehead atoms. The van der Waals surface area contributed by atoms with Gasteiger partial charge in [-0.2, -0.15) is 61.5 Å². The van der Waals surface area contributed by atoms with Gasteiger partial charge in [-0.3, -0.25) is 9.59 Å². The van der Waals surface area contributed by atoms with E-state index >= 15 is 0 Å². The van der Waals surface area contributed by atoms with Crippen molar-refractivity contribution in [3.8, 4) is 5.75 Å². The molecular formula is C19H9F16NO3. The molecule has 0 aliphatic carbocycles. The third-order valence-electron chi connectivity index (χ3n) is 5.05. The van der Waals surface area contributed by atoms with E-state index in [2.05, 4.69) is 4.74 Å². The number of ether oxygens (including phenoxy) is 1. The molecule has 0 spiro atoms. The van der Waals surface area contributed by atoms with Gasteiger partial charge in [-0.05, 0) is 24.3 Å². The van der Waals surface area contributed by atoms with Crippen LogP contribution in [0, 0.1) is 0 Å². The molecule has 2 rings (SSSR count). The van der Waals surface area contributed by atoms with Crippen LogP contribution in [0.25, 0.3) is 0 Å². The Balaban J connectivity index is 2.33. The lowest BCUT2D eigenvalue weighted by molar-refractivity contribution is -0.447. The summed E-state index contributed by atoms with van der Waals surface area (Å²) in [6.07, 6.45) is -4.30. The predicted octanol–water partition coefficient (Wildman–Crippen LogP) is 6.21. The number of carbonyl (C=O) groups is 2. The zero-order valence-electron chi connectivity index (χ0n) is 18.0. The summed E-state index contributed by atoms with van der Waals surface area (Å²) in [7, 11) is 0. The number of rotatable bonds is 11. The van der Waals surface area contributed by atoms with Crippen LogP contribution in [0.3, 0.4) is 0 Å². The van der Waals surface area contributed by atoms with E-state index in [0.717, 1.165) is 24.3 Å². The average Bonchev–Trinajstić information content (AvgIpc) is 3.14. The van der Waals surface area contributed by atoms with Crippen LogP contribution in [-0.2, 0) is 9.59 Å². The first kappa shape index (κ1) is 32.0. The first-order valence-electron chi connectivity index (χ1n) is 9.53. The second-order valence-corrected chi connectivity index (χ2v) is 7.63. The lowest BCUT2D eigenvalue weighted by Gasteiger charge is -2.42. The third kappa shape index (κ3) is 4.64. The lowest BCUT2D eigenvalue weighted by Crippen LogP contribution is -2.74. The maximum Gasteiger partial charge on any atom is 0.385 e. The summed E-state index contributed by atoms with van der Waals surface area (Å²) >= 11 is 0. The maximum absolute atomic E-state index is 13.9. The Hall–Kier alpha value is -3.22. The van der Waals surface area contributed by atoms with Crippen molar-refractivity contribution in [3.63, 3.8) is 0 Å². The monoisotopic (exact) mass is 603 g/mol. The predicted molar refractivity (Wildman–Crippen MR) is 94.2 cm³/mol. The lowest BCUT2D eigenvalue weighted by atomic mass is 9.89. The average molecular weight is 603 g/mol. The molecule has 0 saturated carbocycles. The fourth-order valence-corrected chi connectivity index (χ4v) is 2.78. The Morgan fingerprint density at radius 2 is 1.00 bits per heavy atom. The van der Waals surface area contributed by atoms with Crippen molar-refractivity contribution in [1.82, 2.24) is 0 Å². The van der Waals surface area contributed by atoms with Gasteiger partial charge in [0.05, 0.1) is 5.69 Å². The molecule has 0 fully saturated rings. The van der Waals surface area contributed by atoms with Crippen LogP contribution in [-0.4, -0.2) is 66.3 Å². The first-order valence-corrected chi connectivity index (χ1v) is 9.53. The molecule has 20 heteroatoms. The molecule has 0 radical (unpaired) electrons. The number of imide groups is 1. The Bertz CT molecular complexity index is 1110. The highest BCUT2D eigenvalue weighted by Crippen LogP contribution is 2.62. The Labute approximate surface area is 204 Å². The standard InChI is InChI=1S/C19H9F16NO3/c20-12(21)14(24,25)16(28,29)18(32,33)19(34,35)17(30,31)15(26,27)13(22,23)7-39-9-3-1-8(2-4-9)36-10(37)5-6-11(36)38/h1-6,12H,7H2. The van der Waals surface area contributed by atoms with Gasteiger partial charge in [0.1, 0.15) is 5.75 Å². The van der Waals surface area contributed by atoms with Crippen molar-refractivity contribution in [3.05, 3.63) is 36.4 Å². The van der Waals surface area contributed by atoms with Crippen molar-refractivity contribution in [2.75, 3.05) is 11.5 Å². The van der Waals surface area contributed by atoms with E-state index in [-0.39, 0.29) is 5.69 Å². The molecular weight excluding hydrogens is 594 g/mol.